The number of benzene rings is 3. The summed E-state index contributed by atoms with van der Waals surface area (Å²) < 4.78 is 7.47. The molecule has 0 aliphatic heterocycles. The minimum Gasteiger partial charge on any atom is -0.536 e. The summed E-state index contributed by atoms with van der Waals surface area (Å²) in [5.41, 5.74) is 2.41. The Morgan fingerprint density at radius 1 is 0.818 bits per heavy atom. The fourth-order valence-electron chi connectivity index (χ4n) is 2.73. The zero-order valence-electron chi connectivity index (χ0n) is 11.7. The highest BCUT2D eigenvalue weighted by Gasteiger charge is 2.10. The van der Waals surface area contributed by atoms with E-state index in [1.54, 1.807) is 11.3 Å². The molecule has 0 aliphatic carbocycles. The molecule has 1 heterocycles. The van der Waals surface area contributed by atoms with Gasteiger partial charge in [0.25, 0.3) is 0 Å². The van der Waals surface area contributed by atoms with E-state index in [2.05, 4.69) is 36.4 Å². The van der Waals surface area contributed by atoms with Gasteiger partial charge in [-0.2, -0.15) is 0 Å². The van der Waals surface area contributed by atoms with Crippen molar-refractivity contribution >= 4 is 39.2 Å². The quantitative estimate of drug-likeness (QED) is 0.559. The van der Waals surface area contributed by atoms with Gasteiger partial charge in [-0.25, -0.2) is 0 Å². The van der Waals surface area contributed by atoms with Crippen molar-refractivity contribution < 1.29 is 9.68 Å². The molecule has 22 heavy (non-hydrogen) atoms. The Kier molecular flexibility index (Phi) is 3.33. The largest absolute Gasteiger partial charge is 0.569 e. The Morgan fingerprint density at radius 3 is 2.50 bits per heavy atom. The van der Waals surface area contributed by atoms with Gasteiger partial charge in [0.15, 0.2) is 0 Å². The molecular weight excluding hydrogens is 291 g/mol. The summed E-state index contributed by atoms with van der Waals surface area (Å²) in [6, 6.07) is 22.8. The van der Waals surface area contributed by atoms with Crippen molar-refractivity contribution in [2.75, 3.05) is 0 Å². The standard InChI is InChI=1S/C18H12BO2S/c20-19-21-16-8-4-7-14-15-11-13(12-5-2-1-3-6-12)9-10-17(15)22-18(14)16/h1-11,20H. The molecule has 0 aliphatic rings. The SMILES string of the molecule is O[B]Oc1cccc2c1sc1ccc(-c3ccccc3)cc12. The Hall–Kier alpha value is -2.30. The average molecular weight is 303 g/mol. The first kappa shape index (κ1) is 13.4. The predicted octanol–water partition coefficient (Wildman–Crippen LogP) is 4.63. The van der Waals surface area contributed by atoms with Gasteiger partial charge in [-0.15, -0.1) is 11.3 Å². The first-order valence-corrected chi connectivity index (χ1v) is 7.82. The van der Waals surface area contributed by atoms with Gasteiger partial charge in [0.2, 0.25) is 0 Å². The normalized spacial score (nSPS) is 11.0. The fraction of sp³-hybridized carbons (Fsp3) is 0. The van der Waals surface area contributed by atoms with E-state index in [1.807, 2.05) is 30.3 Å². The molecule has 0 amide bonds. The molecule has 0 unspecified atom stereocenters. The molecular formula is C18H12BO2S. The maximum atomic E-state index is 8.90. The van der Waals surface area contributed by atoms with Crippen molar-refractivity contribution in [2.45, 2.75) is 0 Å². The highest BCUT2D eigenvalue weighted by Crippen LogP contribution is 2.40. The van der Waals surface area contributed by atoms with Crippen LogP contribution in [0.4, 0.5) is 0 Å². The highest BCUT2D eigenvalue weighted by molar-refractivity contribution is 7.26. The summed E-state index contributed by atoms with van der Waals surface area (Å²) in [4.78, 5) is 0. The predicted molar refractivity (Wildman–Crippen MR) is 93.4 cm³/mol. The van der Waals surface area contributed by atoms with E-state index in [1.165, 1.54) is 21.2 Å². The first-order chi connectivity index (χ1) is 10.9. The third-order valence-corrected chi connectivity index (χ3v) is 4.95. The van der Waals surface area contributed by atoms with Crippen LogP contribution in [0.2, 0.25) is 0 Å². The third kappa shape index (κ3) is 2.17. The molecule has 4 heteroatoms. The van der Waals surface area contributed by atoms with Crippen LogP contribution in [0.15, 0.2) is 66.7 Å². The summed E-state index contributed by atoms with van der Waals surface area (Å²) >= 11 is 1.68. The van der Waals surface area contributed by atoms with Gasteiger partial charge in [-0.05, 0) is 29.3 Å². The van der Waals surface area contributed by atoms with Gasteiger partial charge in [-0.1, -0.05) is 48.5 Å². The second-order valence-electron chi connectivity index (χ2n) is 5.04. The summed E-state index contributed by atoms with van der Waals surface area (Å²) in [7, 11) is 0.731. The summed E-state index contributed by atoms with van der Waals surface area (Å²) in [5.74, 6) is 0.683. The Morgan fingerprint density at radius 2 is 1.68 bits per heavy atom. The molecule has 0 atom stereocenters. The minimum absolute atomic E-state index is 0.683. The second kappa shape index (κ2) is 5.48. The fourth-order valence-corrected chi connectivity index (χ4v) is 3.87. The van der Waals surface area contributed by atoms with Crippen LogP contribution in [0.5, 0.6) is 5.75 Å². The van der Waals surface area contributed by atoms with Crippen molar-refractivity contribution in [1.82, 2.24) is 0 Å². The van der Waals surface area contributed by atoms with Crippen molar-refractivity contribution in [3.8, 4) is 16.9 Å². The van der Waals surface area contributed by atoms with E-state index in [0.717, 1.165) is 17.8 Å². The highest BCUT2D eigenvalue weighted by atomic mass is 32.1. The third-order valence-electron chi connectivity index (χ3n) is 3.75. The number of hydrogen-bond acceptors (Lipinski definition) is 3. The molecule has 1 N–H and O–H groups in total. The molecule has 4 rings (SSSR count). The average Bonchev–Trinajstić information content (AvgIpc) is 2.95. The van der Waals surface area contributed by atoms with Crippen LogP contribution in [-0.2, 0) is 0 Å². The molecule has 4 aromatic rings. The lowest BCUT2D eigenvalue weighted by atomic mass is 10.0. The number of fused-ring (bicyclic) bond motifs is 3. The smallest absolute Gasteiger partial charge is 0.536 e. The topological polar surface area (TPSA) is 29.5 Å². The molecule has 1 aromatic heterocycles. The molecule has 3 aromatic carbocycles. The van der Waals surface area contributed by atoms with E-state index >= 15 is 0 Å². The van der Waals surface area contributed by atoms with E-state index in [0.29, 0.717) is 5.75 Å². The van der Waals surface area contributed by atoms with Gasteiger partial charge in [0.1, 0.15) is 5.75 Å². The van der Waals surface area contributed by atoms with Crippen molar-refractivity contribution in [3.05, 3.63) is 66.7 Å². The summed E-state index contributed by atoms with van der Waals surface area (Å²) in [5, 5.41) is 11.3. The van der Waals surface area contributed by atoms with Crippen molar-refractivity contribution in [1.29, 1.82) is 0 Å². The van der Waals surface area contributed by atoms with Crippen LogP contribution in [0.3, 0.4) is 0 Å². The Bertz CT molecular complexity index is 947. The number of hydrogen-bond donors (Lipinski definition) is 1. The van der Waals surface area contributed by atoms with Crippen LogP contribution >= 0.6 is 11.3 Å². The van der Waals surface area contributed by atoms with Crippen LogP contribution in [-0.4, -0.2) is 12.7 Å². The van der Waals surface area contributed by atoms with Gasteiger partial charge in [0, 0.05) is 15.5 Å². The summed E-state index contributed by atoms with van der Waals surface area (Å²) in [6.07, 6.45) is 0. The zero-order chi connectivity index (χ0) is 14.9. The van der Waals surface area contributed by atoms with Gasteiger partial charge in [-0.3, -0.25) is 0 Å². The van der Waals surface area contributed by atoms with Crippen LogP contribution in [0.25, 0.3) is 31.3 Å². The van der Waals surface area contributed by atoms with Gasteiger partial charge >= 0.3 is 7.69 Å². The molecule has 1 radical (unpaired) electrons. The van der Waals surface area contributed by atoms with Crippen molar-refractivity contribution in [3.63, 3.8) is 0 Å². The molecule has 0 saturated carbocycles. The lowest BCUT2D eigenvalue weighted by Gasteiger charge is -2.03. The van der Waals surface area contributed by atoms with Gasteiger partial charge in [0.05, 0.1) is 4.70 Å². The van der Waals surface area contributed by atoms with Crippen molar-refractivity contribution in [2.24, 2.45) is 0 Å². The second-order valence-corrected chi connectivity index (χ2v) is 6.09. The minimum atomic E-state index is 0.683. The Balaban J connectivity index is 1.96. The number of rotatable bonds is 3. The van der Waals surface area contributed by atoms with Crippen LogP contribution in [0.1, 0.15) is 0 Å². The van der Waals surface area contributed by atoms with Gasteiger partial charge < -0.3 is 9.68 Å². The first-order valence-electron chi connectivity index (χ1n) is 7.00. The molecule has 0 bridgehead atoms. The van der Waals surface area contributed by atoms with E-state index < -0.39 is 0 Å². The molecule has 0 saturated heterocycles. The maximum Gasteiger partial charge on any atom is 0.569 e. The van der Waals surface area contributed by atoms with E-state index in [-0.39, 0.29) is 0 Å². The molecule has 0 spiro atoms. The lowest BCUT2D eigenvalue weighted by Crippen LogP contribution is -1.99. The van der Waals surface area contributed by atoms with E-state index in [4.69, 9.17) is 9.68 Å². The molecule has 0 fully saturated rings. The molecule has 105 valence electrons. The zero-order valence-corrected chi connectivity index (χ0v) is 12.5. The number of thiophene rings is 1. The Labute approximate surface area is 132 Å². The molecule has 2 nitrogen and oxygen atoms in total. The van der Waals surface area contributed by atoms with E-state index in [9.17, 15) is 0 Å². The maximum absolute atomic E-state index is 8.90. The van der Waals surface area contributed by atoms with Crippen LogP contribution < -0.4 is 4.65 Å². The van der Waals surface area contributed by atoms with Crippen LogP contribution in [0, 0.1) is 0 Å². The lowest BCUT2D eigenvalue weighted by molar-refractivity contribution is 0.457. The monoisotopic (exact) mass is 303 g/mol. The summed E-state index contributed by atoms with van der Waals surface area (Å²) in [6.45, 7) is 0.